The highest BCUT2D eigenvalue weighted by Crippen LogP contribution is 2.57. The van der Waals surface area contributed by atoms with E-state index in [1.807, 2.05) is 0 Å². The Kier molecular flexibility index (Phi) is 8.30. The molecular weight excluding hydrogens is 360 g/mol. The number of rotatable bonds is 4. The van der Waals surface area contributed by atoms with Crippen LogP contribution in [0, 0.1) is 59.2 Å². The summed E-state index contributed by atoms with van der Waals surface area (Å²) in [6.07, 6.45) is 24.7. The second kappa shape index (κ2) is 10.7. The molecule has 0 bridgehead atoms. The van der Waals surface area contributed by atoms with Crippen molar-refractivity contribution in [3.63, 3.8) is 0 Å². The number of fused-ring (bicyclic) bond motifs is 2. The highest BCUT2D eigenvalue weighted by molar-refractivity contribution is 4.98. The van der Waals surface area contributed by atoms with E-state index >= 15 is 0 Å². The Bertz CT molecular complexity index is 500. The summed E-state index contributed by atoms with van der Waals surface area (Å²) in [5.74, 6) is 10.9. The normalized spacial score (nSPS) is 48.0. The minimum absolute atomic E-state index is 1.02. The molecule has 0 spiro atoms. The SMILES string of the molecule is CC1CCC(C)C1.CCCCC1C(C)CC2CCCC2C1C1CCC2CCCC2C1. The molecule has 0 aromatic rings. The first-order valence-electron chi connectivity index (χ1n) is 14.6. The maximum atomic E-state index is 2.63. The van der Waals surface area contributed by atoms with Crippen molar-refractivity contribution >= 4 is 0 Å². The number of unbranched alkanes of at least 4 members (excludes halogenated alkanes) is 1. The van der Waals surface area contributed by atoms with Crippen molar-refractivity contribution in [2.24, 2.45) is 59.2 Å². The third-order valence-corrected chi connectivity index (χ3v) is 10.8. The lowest BCUT2D eigenvalue weighted by atomic mass is 9.55. The molecule has 174 valence electrons. The van der Waals surface area contributed by atoms with Crippen LogP contribution in [0.1, 0.15) is 130 Å². The molecule has 0 saturated heterocycles. The van der Waals surface area contributed by atoms with Gasteiger partial charge in [0.1, 0.15) is 0 Å². The summed E-state index contributed by atoms with van der Waals surface area (Å²) in [6.45, 7) is 9.72. The van der Waals surface area contributed by atoms with Crippen LogP contribution in [0.2, 0.25) is 0 Å². The second-order valence-corrected chi connectivity index (χ2v) is 13.0. The first kappa shape index (κ1) is 23.2. The molecule has 0 heterocycles. The second-order valence-electron chi connectivity index (χ2n) is 13.0. The van der Waals surface area contributed by atoms with E-state index in [4.69, 9.17) is 0 Å². The molecule has 0 radical (unpaired) electrons. The van der Waals surface area contributed by atoms with E-state index in [9.17, 15) is 0 Å². The van der Waals surface area contributed by atoms with Gasteiger partial charge in [0.25, 0.3) is 0 Å². The van der Waals surface area contributed by atoms with Crippen molar-refractivity contribution in [1.82, 2.24) is 0 Å². The average molecular weight is 415 g/mol. The van der Waals surface area contributed by atoms with Crippen molar-refractivity contribution in [3.05, 3.63) is 0 Å². The van der Waals surface area contributed by atoms with E-state index in [1.165, 1.54) is 32.1 Å². The first-order valence-corrected chi connectivity index (χ1v) is 14.6. The number of hydrogen-bond donors (Lipinski definition) is 0. The van der Waals surface area contributed by atoms with Crippen LogP contribution in [0.3, 0.4) is 0 Å². The van der Waals surface area contributed by atoms with Gasteiger partial charge in [-0.25, -0.2) is 0 Å². The average Bonchev–Trinajstić information content (AvgIpc) is 3.47. The van der Waals surface area contributed by atoms with E-state index in [0.29, 0.717) is 0 Å². The van der Waals surface area contributed by atoms with Crippen LogP contribution < -0.4 is 0 Å². The highest BCUT2D eigenvalue weighted by atomic mass is 14.5. The third-order valence-electron chi connectivity index (χ3n) is 10.8. The molecule has 0 amide bonds. The van der Waals surface area contributed by atoms with Gasteiger partial charge in [-0.2, -0.15) is 0 Å². The zero-order chi connectivity index (χ0) is 21.1. The van der Waals surface area contributed by atoms with E-state index < -0.39 is 0 Å². The lowest BCUT2D eigenvalue weighted by Crippen LogP contribution is -2.43. The van der Waals surface area contributed by atoms with Crippen molar-refractivity contribution in [3.8, 4) is 0 Å². The van der Waals surface area contributed by atoms with Gasteiger partial charge in [-0.05, 0) is 104 Å². The molecule has 0 heteroatoms. The molecule has 0 aromatic heterocycles. The lowest BCUT2D eigenvalue weighted by Gasteiger charge is -2.50. The van der Waals surface area contributed by atoms with Crippen molar-refractivity contribution in [1.29, 1.82) is 0 Å². The lowest BCUT2D eigenvalue weighted by molar-refractivity contribution is -0.0107. The Labute approximate surface area is 189 Å². The summed E-state index contributed by atoms with van der Waals surface area (Å²) in [5, 5.41) is 0. The third kappa shape index (κ3) is 5.31. The van der Waals surface area contributed by atoms with Crippen molar-refractivity contribution in [2.45, 2.75) is 130 Å². The molecule has 5 rings (SSSR count). The van der Waals surface area contributed by atoms with Crippen molar-refractivity contribution in [2.75, 3.05) is 0 Å². The Morgan fingerprint density at radius 2 is 1.27 bits per heavy atom. The minimum atomic E-state index is 1.02. The van der Waals surface area contributed by atoms with E-state index in [-0.39, 0.29) is 0 Å². The summed E-state index contributed by atoms with van der Waals surface area (Å²) < 4.78 is 0. The van der Waals surface area contributed by atoms with Gasteiger partial charge < -0.3 is 0 Å². The van der Waals surface area contributed by atoms with Crippen LogP contribution in [0.15, 0.2) is 0 Å². The molecule has 0 N–H and O–H groups in total. The Hall–Kier alpha value is 0. The predicted octanol–water partition coefficient (Wildman–Crippen LogP) is 9.52. The summed E-state index contributed by atoms with van der Waals surface area (Å²) in [7, 11) is 0. The fourth-order valence-electron chi connectivity index (χ4n) is 9.41. The van der Waals surface area contributed by atoms with Crippen LogP contribution in [0.5, 0.6) is 0 Å². The molecule has 30 heavy (non-hydrogen) atoms. The summed E-state index contributed by atoms with van der Waals surface area (Å²) in [5.41, 5.74) is 0. The molecule has 0 nitrogen and oxygen atoms in total. The Morgan fingerprint density at radius 1 is 0.600 bits per heavy atom. The van der Waals surface area contributed by atoms with Gasteiger partial charge in [0, 0.05) is 0 Å². The maximum Gasteiger partial charge on any atom is -0.0324 e. The van der Waals surface area contributed by atoms with Crippen LogP contribution >= 0.6 is 0 Å². The summed E-state index contributed by atoms with van der Waals surface area (Å²) in [6, 6.07) is 0. The molecule has 5 saturated carbocycles. The van der Waals surface area contributed by atoms with E-state index in [1.54, 1.807) is 70.6 Å². The standard InChI is InChI=1S/C23H40.C7H14/c1-3-4-10-21-16(2)14-19-9-6-11-22(19)23(21)20-13-12-17-7-5-8-18(17)15-20;1-6-3-4-7(2)5-6/h16-23H,3-15H2,1-2H3;6-7H,3-5H2,1-2H3. The summed E-state index contributed by atoms with van der Waals surface area (Å²) >= 11 is 0. The number of hydrogen-bond acceptors (Lipinski definition) is 0. The van der Waals surface area contributed by atoms with Crippen LogP contribution in [0.25, 0.3) is 0 Å². The predicted molar refractivity (Wildman–Crippen MR) is 131 cm³/mol. The van der Waals surface area contributed by atoms with Gasteiger partial charge in [-0.3, -0.25) is 0 Å². The van der Waals surface area contributed by atoms with Gasteiger partial charge in [-0.15, -0.1) is 0 Å². The fourth-order valence-corrected chi connectivity index (χ4v) is 9.41. The Balaban J connectivity index is 0.000000265. The highest BCUT2D eigenvalue weighted by Gasteiger charge is 2.49. The van der Waals surface area contributed by atoms with Crippen LogP contribution in [-0.4, -0.2) is 0 Å². The zero-order valence-electron chi connectivity index (χ0n) is 21.1. The molecule has 0 aliphatic heterocycles. The smallest absolute Gasteiger partial charge is 0.0324 e. The molecule has 0 aromatic carbocycles. The van der Waals surface area contributed by atoms with Crippen molar-refractivity contribution < 1.29 is 0 Å². The largest absolute Gasteiger partial charge is 0.0654 e. The molecule has 5 aliphatic carbocycles. The zero-order valence-corrected chi connectivity index (χ0v) is 21.1. The molecular formula is C30H54. The Morgan fingerprint density at radius 3 is 1.97 bits per heavy atom. The minimum Gasteiger partial charge on any atom is -0.0654 e. The van der Waals surface area contributed by atoms with E-state index in [2.05, 4.69) is 27.7 Å². The van der Waals surface area contributed by atoms with Gasteiger partial charge in [0.2, 0.25) is 0 Å². The topological polar surface area (TPSA) is 0 Å². The monoisotopic (exact) mass is 414 g/mol. The van der Waals surface area contributed by atoms with Gasteiger partial charge in [0.15, 0.2) is 0 Å². The first-order chi connectivity index (χ1) is 14.6. The van der Waals surface area contributed by atoms with Gasteiger partial charge in [0.05, 0.1) is 0 Å². The fraction of sp³-hybridized carbons (Fsp3) is 1.00. The quantitative estimate of drug-likeness (QED) is 0.429. The van der Waals surface area contributed by atoms with Gasteiger partial charge >= 0.3 is 0 Å². The van der Waals surface area contributed by atoms with E-state index in [0.717, 1.165) is 59.2 Å². The van der Waals surface area contributed by atoms with Crippen LogP contribution in [0.4, 0.5) is 0 Å². The van der Waals surface area contributed by atoms with Gasteiger partial charge in [-0.1, -0.05) is 85.5 Å². The molecule has 10 unspecified atom stereocenters. The summed E-state index contributed by atoms with van der Waals surface area (Å²) in [4.78, 5) is 0. The molecule has 5 aliphatic rings. The maximum absolute atomic E-state index is 2.63. The molecule has 10 atom stereocenters. The van der Waals surface area contributed by atoms with Crippen LogP contribution in [-0.2, 0) is 0 Å². The molecule has 5 fully saturated rings.